The Hall–Kier alpha value is -1.28. The van der Waals surface area contributed by atoms with E-state index in [1.807, 2.05) is 0 Å². The molecule has 0 radical (unpaired) electrons. The van der Waals surface area contributed by atoms with Crippen LogP contribution in [0.4, 0.5) is 0 Å². The van der Waals surface area contributed by atoms with Gasteiger partial charge in [0, 0.05) is 6.54 Å². The normalized spacial score (nSPS) is 45.0. The van der Waals surface area contributed by atoms with Crippen molar-refractivity contribution < 1.29 is 149 Å². The van der Waals surface area contributed by atoms with E-state index in [1.165, 1.54) is 0 Å². The third-order valence-electron chi connectivity index (χ3n) is 13.2. The number of aliphatic hydroxyl groups excluding tert-OH is 19. The van der Waals surface area contributed by atoms with Crippen LogP contribution in [0.15, 0.2) is 0 Å². The Morgan fingerprint density at radius 2 is 0.865 bits per heavy atom. The van der Waals surface area contributed by atoms with Crippen LogP contribution in [0.1, 0.15) is 20.3 Å². The Morgan fingerprint density at radius 3 is 1.34 bits per heavy atom. The van der Waals surface area contributed by atoms with Crippen molar-refractivity contribution in [3.63, 3.8) is 0 Å². The summed E-state index contributed by atoms with van der Waals surface area (Å²) in [5.41, 5.74) is 5.55. The fourth-order valence-electron chi connectivity index (χ4n) is 8.94. The lowest BCUT2D eigenvalue weighted by molar-refractivity contribution is -0.389. The first-order chi connectivity index (χ1) is 35.1. The minimum absolute atomic E-state index is 0.251. The molecule has 0 aliphatic carbocycles. The first-order valence-electron chi connectivity index (χ1n) is 24.2. The van der Waals surface area contributed by atoms with Crippen molar-refractivity contribution in [3.8, 4) is 0 Å². The summed E-state index contributed by atoms with van der Waals surface area (Å²) >= 11 is 0. The Bertz CT molecular complexity index is 1600. The van der Waals surface area contributed by atoms with Gasteiger partial charge < -0.3 is 160 Å². The van der Waals surface area contributed by atoms with E-state index in [0.717, 1.165) is 0 Å². The first-order valence-corrected chi connectivity index (χ1v) is 24.2. The molecule has 5 heterocycles. The Morgan fingerprint density at radius 1 is 0.459 bits per heavy atom. The molecule has 0 spiro atoms. The van der Waals surface area contributed by atoms with Crippen LogP contribution in [0, 0.1) is 0 Å². The van der Waals surface area contributed by atoms with Crippen molar-refractivity contribution in [2.75, 3.05) is 59.3 Å². The van der Waals surface area contributed by atoms with Crippen LogP contribution in [0.3, 0.4) is 0 Å². The number of hydrogen-bond donors (Lipinski definition) is 21. The topological polar surface area (TPSA) is 524 Å². The summed E-state index contributed by atoms with van der Waals surface area (Å²) in [5, 5.41) is 207. The summed E-state index contributed by atoms with van der Waals surface area (Å²) < 4.78 is 62.7. The highest BCUT2D eigenvalue weighted by Gasteiger charge is 2.56. The fourth-order valence-corrected chi connectivity index (χ4v) is 8.94. The molecule has 32 nitrogen and oxygen atoms in total. The molecule has 0 aromatic rings. The second-order valence-corrected chi connectivity index (χ2v) is 18.9. The molecule has 5 saturated heterocycles. The van der Waals surface area contributed by atoms with Gasteiger partial charge in [0.2, 0.25) is 0 Å². The molecule has 74 heavy (non-hydrogen) atoms. The number of ether oxygens (including phenoxy) is 11. The van der Waals surface area contributed by atoms with Crippen LogP contribution < -0.4 is 11.1 Å². The molecule has 5 fully saturated rings. The van der Waals surface area contributed by atoms with Gasteiger partial charge in [-0.3, -0.25) is 0 Å². The number of nitrogens with two attached hydrogens (primary N) is 1. The van der Waals surface area contributed by atoms with Crippen molar-refractivity contribution in [3.05, 3.63) is 0 Å². The molecule has 5 aliphatic rings. The van der Waals surface area contributed by atoms with Gasteiger partial charge in [-0.25, -0.2) is 0 Å². The van der Waals surface area contributed by atoms with E-state index >= 15 is 0 Å². The number of aliphatic hydroxyl groups is 19. The maximum absolute atomic E-state index is 11.9. The molecule has 0 bridgehead atoms. The summed E-state index contributed by atoms with van der Waals surface area (Å²) in [5.74, 6) is 0. The van der Waals surface area contributed by atoms with Gasteiger partial charge in [-0.15, -0.1) is 0 Å². The zero-order valence-electron chi connectivity index (χ0n) is 40.5. The zero-order valence-corrected chi connectivity index (χ0v) is 40.5. The van der Waals surface area contributed by atoms with Gasteiger partial charge in [-0.1, -0.05) is 0 Å². The molecular formula is C42H78N2O30. The van der Waals surface area contributed by atoms with E-state index < -0.39 is 224 Å². The molecule has 29 atom stereocenters. The van der Waals surface area contributed by atoms with Crippen molar-refractivity contribution in [1.82, 2.24) is 5.32 Å². The van der Waals surface area contributed by atoms with E-state index in [4.69, 9.17) is 57.8 Å². The Kier molecular flexibility index (Phi) is 25.1. The molecule has 436 valence electrons. The molecule has 0 aromatic heterocycles. The van der Waals surface area contributed by atoms with Gasteiger partial charge in [-0.05, 0) is 33.4 Å². The minimum Gasteiger partial charge on any atom is -0.394 e. The van der Waals surface area contributed by atoms with E-state index in [1.54, 1.807) is 13.8 Å². The standard InChI is InChI=1S/C42H78N2O30/c1-13(2)65-34-23(54)18(10-48)68-40(30(34)61)73-36-25(56)19(11-49)69-41(31(36)62)74-37-26(57)20(70-42(32(37)63)71-33(21(52)15(51)7-45)14(50)6-44-5-3-4-43)12-64-38-29(60)35(24(55)17(9-47)66-38)72-39-28(59)27(58)22(53)16(8-46)67-39/h13-42,44-63H,3-12,43H2,1-2H3. The van der Waals surface area contributed by atoms with Crippen LogP contribution in [0.5, 0.6) is 0 Å². The molecule has 0 aromatic carbocycles. The van der Waals surface area contributed by atoms with Gasteiger partial charge >= 0.3 is 0 Å². The summed E-state index contributed by atoms with van der Waals surface area (Å²) in [6.45, 7) is -2.35. The monoisotopic (exact) mass is 1090 g/mol. The Labute approximate surface area is 423 Å². The molecule has 32 heteroatoms. The van der Waals surface area contributed by atoms with Gasteiger partial charge in [0.05, 0.1) is 51.8 Å². The van der Waals surface area contributed by atoms with Crippen molar-refractivity contribution in [1.29, 1.82) is 0 Å². The zero-order chi connectivity index (χ0) is 54.9. The number of nitrogens with one attached hydrogen (secondary N) is 1. The molecule has 0 saturated carbocycles. The van der Waals surface area contributed by atoms with E-state index in [-0.39, 0.29) is 19.6 Å². The smallest absolute Gasteiger partial charge is 0.187 e. The average Bonchev–Trinajstić information content (AvgIpc) is 3.38. The van der Waals surface area contributed by atoms with Gasteiger partial charge in [-0.2, -0.15) is 0 Å². The molecule has 0 amide bonds. The number of hydrogen-bond acceptors (Lipinski definition) is 32. The van der Waals surface area contributed by atoms with Gasteiger partial charge in [0.25, 0.3) is 0 Å². The van der Waals surface area contributed by atoms with Crippen LogP contribution >= 0.6 is 0 Å². The van der Waals surface area contributed by atoms with E-state index in [0.29, 0.717) is 6.42 Å². The van der Waals surface area contributed by atoms with Crippen molar-refractivity contribution in [2.45, 2.75) is 204 Å². The molecule has 22 N–H and O–H groups in total. The van der Waals surface area contributed by atoms with Crippen molar-refractivity contribution >= 4 is 0 Å². The minimum atomic E-state index is -2.28. The summed E-state index contributed by atoms with van der Waals surface area (Å²) in [6, 6.07) is 0. The maximum atomic E-state index is 11.9. The lowest BCUT2D eigenvalue weighted by Crippen LogP contribution is -2.67. The fraction of sp³-hybridized carbons (Fsp3) is 1.00. The van der Waals surface area contributed by atoms with Gasteiger partial charge in [0.1, 0.15) is 140 Å². The van der Waals surface area contributed by atoms with Crippen molar-refractivity contribution in [2.24, 2.45) is 5.73 Å². The van der Waals surface area contributed by atoms with Crippen LogP contribution in [0.25, 0.3) is 0 Å². The first kappa shape index (κ1) is 63.6. The van der Waals surface area contributed by atoms with Gasteiger partial charge in [0.15, 0.2) is 31.5 Å². The molecular weight excluding hydrogens is 1010 g/mol. The predicted octanol–water partition coefficient (Wildman–Crippen LogP) is -13.1. The highest BCUT2D eigenvalue weighted by atomic mass is 16.8. The summed E-state index contributed by atoms with van der Waals surface area (Å²) in [4.78, 5) is 0. The summed E-state index contributed by atoms with van der Waals surface area (Å²) in [7, 11) is 0. The largest absolute Gasteiger partial charge is 0.394 e. The quantitative estimate of drug-likeness (QED) is 0.0358. The lowest BCUT2D eigenvalue weighted by atomic mass is 9.95. The van der Waals surface area contributed by atoms with E-state index in [9.17, 15) is 97.0 Å². The second kappa shape index (κ2) is 29.3. The lowest BCUT2D eigenvalue weighted by Gasteiger charge is -2.49. The highest BCUT2D eigenvalue weighted by molar-refractivity contribution is 4.99. The molecule has 5 aliphatic heterocycles. The SMILES string of the molecule is CC(C)OC1C(O)C(CO)OC(OC2C(O)C(CO)OC(OC3C(O)C(COC4OC(CO)C(O)C(OC5OC(CO)C(O)C(O)C5O)C4O)OC(OC(C(O)CNCCCN)C(O)C(O)CO)C3O)C2O)C1O. The van der Waals surface area contributed by atoms with E-state index in [2.05, 4.69) is 5.32 Å². The second-order valence-electron chi connectivity index (χ2n) is 18.9. The average molecular weight is 1090 g/mol. The predicted molar refractivity (Wildman–Crippen MR) is 235 cm³/mol. The molecule has 29 unspecified atom stereocenters. The highest BCUT2D eigenvalue weighted by Crippen LogP contribution is 2.36. The van der Waals surface area contributed by atoms with Crippen LogP contribution in [-0.4, -0.2) is 340 Å². The third kappa shape index (κ3) is 14.9. The third-order valence-corrected chi connectivity index (χ3v) is 13.2. The Balaban J connectivity index is 1.44. The van der Waals surface area contributed by atoms with Crippen LogP contribution in [-0.2, 0) is 52.1 Å². The maximum Gasteiger partial charge on any atom is 0.187 e. The summed E-state index contributed by atoms with van der Waals surface area (Å²) in [6.07, 6.45) is -55.4. The van der Waals surface area contributed by atoms with Crippen LogP contribution in [0.2, 0.25) is 0 Å². The molecule has 5 rings (SSSR count). The number of rotatable bonds is 26.